The average Bonchev–Trinajstić information content (AvgIpc) is 2.43. The number of carbonyl (C=O) groups is 1. The molecule has 19 heavy (non-hydrogen) atoms. The van der Waals surface area contributed by atoms with Gasteiger partial charge in [-0.05, 0) is 19.1 Å². The molecular formula is C14H18N2O3. The van der Waals surface area contributed by atoms with Crippen molar-refractivity contribution in [1.29, 1.82) is 5.26 Å². The molecule has 0 aliphatic rings. The van der Waals surface area contributed by atoms with Crippen LogP contribution in [-0.2, 0) is 4.79 Å². The molecule has 0 unspecified atom stereocenters. The van der Waals surface area contributed by atoms with Gasteiger partial charge in [-0.3, -0.25) is 4.79 Å². The summed E-state index contributed by atoms with van der Waals surface area (Å²) in [5.41, 5.74) is 0. The maximum atomic E-state index is 11.7. The minimum absolute atomic E-state index is 0.0635. The first-order chi connectivity index (χ1) is 9.19. The third-order valence-electron chi connectivity index (χ3n) is 2.48. The van der Waals surface area contributed by atoms with Gasteiger partial charge in [-0.15, -0.1) is 0 Å². The second-order valence-electron chi connectivity index (χ2n) is 3.89. The molecule has 0 N–H and O–H groups in total. The van der Waals surface area contributed by atoms with Crippen LogP contribution in [0.2, 0.25) is 0 Å². The van der Waals surface area contributed by atoms with Crippen LogP contribution in [0, 0.1) is 11.3 Å². The highest BCUT2D eigenvalue weighted by Gasteiger charge is 2.11. The zero-order chi connectivity index (χ0) is 14.1. The van der Waals surface area contributed by atoms with Crippen molar-refractivity contribution in [3.8, 4) is 17.6 Å². The van der Waals surface area contributed by atoms with Gasteiger partial charge in [0.05, 0.1) is 19.1 Å². The molecule has 1 amide bonds. The van der Waals surface area contributed by atoms with Gasteiger partial charge in [0.25, 0.3) is 5.91 Å². The van der Waals surface area contributed by atoms with Crippen molar-refractivity contribution in [1.82, 2.24) is 4.90 Å². The molecule has 0 spiro atoms. The summed E-state index contributed by atoms with van der Waals surface area (Å²) in [4.78, 5) is 13.2. The van der Waals surface area contributed by atoms with E-state index in [0.29, 0.717) is 31.1 Å². The molecule has 0 saturated carbocycles. The highest BCUT2D eigenvalue weighted by Crippen LogP contribution is 2.26. The number of nitriles is 1. The second kappa shape index (κ2) is 7.98. The molecule has 102 valence electrons. The van der Waals surface area contributed by atoms with Crippen LogP contribution in [0.5, 0.6) is 11.5 Å². The van der Waals surface area contributed by atoms with Crippen LogP contribution >= 0.6 is 0 Å². The predicted molar refractivity (Wildman–Crippen MR) is 71.0 cm³/mol. The van der Waals surface area contributed by atoms with Gasteiger partial charge in [0, 0.05) is 13.6 Å². The van der Waals surface area contributed by atoms with Gasteiger partial charge in [-0.2, -0.15) is 5.26 Å². The number of rotatable bonds is 7. The van der Waals surface area contributed by atoms with Gasteiger partial charge >= 0.3 is 0 Å². The smallest absolute Gasteiger partial charge is 0.260 e. The molecule has 0 saturated heterocycles. The van der Waals surface area contributed by atoms with E-state index in [4.69, 9.17) is 14.7 Å². The van der Waals surface area contributed by atoms with Crippen molar-refractivity contribution < 1.29 is 14.3 Å². The summed E-state index contributed by atoms with van der Waals surface area (Å²) in [5.74, 6) is 1.01. The number of likely N-dealkylation sites (N-methyl/N-ethyl adjacent to an activating group) is 1. The molecule has 1 rings (SSSR count). The van der Waals surface area contributed by atoms with E-state index in [1.165, 1.54) is 4.90 Å². The molecule has 0 aromatic heterocycles. The van der Waals surface area contributed by atoms with Crippen LogP contribution in [0.3, 0.4) is 0 Å². The van der Waals surface area contributed by atoms with E-state index >= 15 is 0 Å². The van der Waals surface area contributed by atoms with Crippen molar-refractivity contribution in [3.63, 3.8) is 0 Å². The number of hydrogen-bond acceptors (Lipinski definition) is 4. The van der Waals surface area contributed by atoms with Crippen LogP contribution in [0.1, 0.15) is 13.3 Å². The van der Waals surface area contributed by atoms with Crippen LogP contribution < -0.4 is 9.47 Å². The maximum absolute atomic E-state index is 11.7. The van der Waals surface area contributed by atoms with Gasteiger partial charge in [-0.25, -0.2) is 0 Å². The molecule has 0 atom stereocenters. The molecular weight excluding hydrogens is 244 g/mol. The molecule has 0 bridgehead atoms. The van der Waals surface area contributed by atoms with Crippen molar-refractivity contribution in [2.75, 3.05) is 26.8 Å². The zero-order valence-corrected chi connectivity index (χ0v) is 11.3. The lowest BCUT2D eigenvalue weighted by Gasteiger charge is -2.16. The SMILES string of the molecule is CCOc1ccccc1OCC(=O)N(C)CCC#N. The van der Waals surface area contributed by atoms with Crippen molar-refractivity contribution >= 4 is 5.91 Å². The summed E-state index contributed by atoms with van der Waals surface area (Å²) in [6.45, 7) is 2.77. The van der Waals surface area contributed by atoms with Crippen LogP contribution in [0.4, 0.5) is 0 Å². The Bertz CT molecular complexity index is 454. The number of carbonyl (C=O) groups excluding carboxylic acids is 1. The summed E-state index contributed by atoms with van der Waals surface area (Å²) in [6.07, 6.45) is 0.317. The van der Waals surface area contributed by atoms with E-state index in [9.17, 15) is 4.79 Å². The quantitative estimate of drug-likeness (QED) is 0.752. The first-order valence-electron chi connectivity index (χ1n) is 6.14. The molecule has 0 heterocycles. The van der Waals surface area contributed by atoms with Crippen molar-refractivity contribution in [3.05, 3.63) is 24.3 Å². The monoisotopic (exact) mass is 262 g/mol. The largest absolute Gasteiger partial charge is 0.490 e. The van der Waals surface area contributed by atoms with E-state index in [2.05, 4.69) is 0 Å². The van der Waals surface area contributed by atoms with Gasteiger partial charge < -0.3 is 14.4 Å². The minimum atomic E-state index is -0.165. The second-order valence-corrected chi connectivity index (χ2v) is 3.89. The van der Waals surface area contributed by atoms with Gasteiger partial charge in [0.15, 0.2) is 18.1 Å². The van der Waals surface area contributed by atoms with Gasteiger partial charge in [-0.1, -0.05) is 12.1 Å². The van der Waals surface area contributed by atoms with Crippen molar-refractivity contribution in [2.45, 2.75) is 13.3 Å². The Kier molecular flexibility index (Phi) is 6.23. The summed E-state index contributed by atoms with van der Waals surface area (Å²) in [6, 6.07) is 9.22. The molecule has 0 aliphatic heterocycles. The van der Waals surface area contributed by atoms with E-state index in [1.807, 2.05) is 25.1 Å². The third kappa shape index (κ3) is 4.88. The lowest BCUT2D eigenvalue weighted by molar-refractivity contribution is -0.132. The third-order valence-corrected chi connectivity index (χ3v) is 2.48. The number of nitrogens with zero attached hydrogens (tertiary/aromatic N) is 2. The molecule has 5 nitrogen and oxygen atoms in total. The van der Waals surface area contributed by atoms with Crippen LogP contribution in [0.15, 0.2) is 24.3 Å². The Labute approximate surface area is 113 Å². The highest BCUT2D eigenvalue weighted by atomic mass is 16.5. The molecule has 0 radical (unpaired) electrons. The summed E-state index contributed by atoms with van der Waals surface area (Å²) < 4.78 is 10.9. The van der Waals surface area contributed by atoms with E-state index in [0.717, 1.165) is 0 Å². The first-order valence-corrected chi connectivity index (χ1v) is 6.14. The molecule has 5 heteroatoms. The topological polar surface area (TPSA) is 62.6 Å². The molecule has 1 aromatic rings. The minimum Gasteiger partial charge on any atom is -0.490 e. The van der Waals surface area contributed by atoms with Crippen LogP contribution in [0.25, 0.3) is 0 Å². The standard InChI is InChI=1S/C14H18N2O3/c1-3-18-12-7-4-5-8-13(12)19-11-14(17)16(2)10-6-9-15/h4-5,7-8H,3,6,10-11H2,1-2H3. The fraction of sp³-hybridized carbons (Fsp3) is 0.429. The number of benzene rings is 1. The van der Waals surface area contributed by atoms with Gasteiger partial charge in [0.2, 0.25) is 0 Å². The number of ether oxygens (including phenoxy) is 2. The lowest BCUT2D eigenvalue weighted by atomic mass is 10.3. The summed E-state index contributed by atoms with van der Waals surface area (Å²) in [7, 11) is 1.65. The fourth-order valence-electron chi connectivity index (χ4n) is 1.44. The number of hydrogen-bond donors (Lipinski definition) is 0. The normalized spacial score (nSPS) is 9.53. The predicted octanol–water partition coefficient (Wildman–Crippen LogP) is 1.84. The Balaban J connectivity index is 2.52. The number of amides is 1. The molecule has 0 fully saturated rings. The Hall–Kier alpha value is -2.22. The zero-order valence-electron chi connectivity index (χ0n) is 11.3. The number of para-hydroxylation sites is 2. The Morgan fingerprint density at radius 3 is 2.53 bits per heavy atom. The molecule has 0 aliphatic carbocycles. The Morgan fingerprint density at radius 1 is 1.32 bits per heavy atom. The van der Waals surface area contributed by atoms with E-state index < -0.39 is 0 Å². The lowest BCUT2D eigenvalue weighted by Crippen LogP contribution is -2.32. The average molecular weight is 262 g/mol. The highest BCUT2D eigenvalue weighted by molar-refractivity contribution is 5.77. The summed E-state index contributed by atoms with van der Waals surface area (Å²) >= 11 is 0. The van der Waals surface area contributed by atoms with Gasteiger partial charge in [0.1, 0.15) is 0 Å². The maximum Gasteiger partial charge on any atom is 0.260 e. The van der Waals surface area contributed by atoms with Crippen molar-refractivity contribution in [2.24, 2.45) is 0 Å². The fourth-order valence-corrected chi connectivity index (χ4v) is 1.44. The first kappa shape index (κ1) is 14.8. The molecule has 1 aromatic carbocycles. The Morgan fingerprint density at radius 2 is 1.95 bits per heavy atom. The van der Waals surface area contributed by atoms with E-state index in [-0.39, 0.29) is 12.5 Å². The van der Waals surface area contributed by atoms with E-state index in [1.54, 1.807) is 19.2 Å². The van der Waals surface area contributed by atoms with Crippen LogP contribution in [-0.4, -0.2) is 37.6 Å². The summed E-state index contributed by atoms with van der Waals surface area (Å²) in [5, 5.41) is 8.46.